The topological polar surface area (TPSA) is 46.0 Å². The van der Waals surface area contributed by atoms with E-state index in [4.69, 9.17) is 0 Å². The fourth-order valence-electron chi connectivity index (χ4n) is 2.60. The quantitative estimate of drug-likeness (QED) is 0.786. The van der Waals surface area contributed by atoms with E-state index in [1.54, 1.807) is 0 Å². The Labute approximate surface area is 126 Å². The zero-order valence-corrected chi connectivity index (χ0v) is 12.8. The van der Waals surface area contributed by atoms with E-state index >= 15 is 0 Å². The van der Waals surface area contributed by atoms with Crippen LogP contribution in [0.25, 0.3) is 11.3 Å². The SMILES string of the molecule is CN(CCNCc1cn(C)nc1-c1ccncc1)C1CC1. The van der Waals surface area contributed by atoms with E-state index in [1.807, 2.05) is 36.3 Å². The van der Waals surface area contributed by atoms with E-state index in [0.717, 1.165) is 36.9 Å². The lowest BCUT2D eigenvalue weighted by atomic mass is 10.1. The number of hydrogen-bond donors (Lipinski definition) is 1. The lowest BCUT2D eigenvalue weighted by molar-refractivity contribution is 0.321. The van der Waals surface area contributed by atoms with Gasteiger partial charge in [0.1, 0.15) is 0 Å². The van der Waals surface area contributed by atoms with Crippen LogP contribution in [0.1, 0.15) is 18.4 Å². The molecule has 5 heteroatoms. The Hall–Kier alpha value is -1.72. The number of likely N-dealkylation sites (N-methyl/N-ethyl adjacent to an activating group) is 1. The van der Waals surface area contributed by atoms with Crippen molar-refractivity contribution in [3.63, 3.8) is 0 Å². The van der Waals surface area contributed by atoms with Gasteiger partial charge in [-0.1, -0.05) is 0 Å². The summed E-state index contributed by atoms with van der Waals surface area (Å²) in [4.78, 5) is 6.51. The van der Waals surface area contributed by atoms with E-state index in [0.29, 0.717) is 0 Å². The summed E-state index contributed by atoms with van der Waals surface area (Å²) >= 11 is 0. The van der Waals surface area contributed by atoms with Gasteiger partial charge in [0.05, 0.1) is 5.69 Å². The molecular weight excluding hydrogens is 262 g/mol. The molecule has 21 heavy (non-hydrogen) atoms. The Morgan fingerprint density at radius 2 is 2.10 bits per heavy atom. The summed E-state index contributed by atoms with van der Waals surface area (Å²) in [6.45, 7) is 2.97. The number of aryl methyl sites for hydroxylation is 1. The molecule has 1 aliphatic rings. The van der Waals surface area contributed by atoms with Crippen LogP contribution in [0, 0.1) is 0 Å². The monoisotopic (exact) mass is 285 g/mol. The van der Waals surface area contributed by atoms with E-state index in [2.05, 4.69) is 33.5 Å². The molecule has 0 aliphatic heterocycles. The summed E-state index contributed by atoms with van der Waals surface area (Å²) in [5.41, 5.74) is 3.40. The predicted octanol–water partition coefficient (Wildman–Crippen LogP) is 1.67. The minimum absolute atomic E-state index is 0.831. The van der Waals surface area contributed by atoms with Gasteiger partial charge >= 0.3 is 0 Å². The van der Waals surface area contributed by atoms with Crippen molar-refractivity contribution in [2.24, 2.45) is 7.05 Å². The molecule has 0 aromatic carbocycles. The number of pyridine rings is 1. The van der Waals surface area contributed by atoms with Crippen LogP contribution in [0.3, 0.4) is 0 Å². The molecule has 2 aromatic heterocycles. The van der Waals surface area contributed by atoms with E-state index in [9.17, 15) is 0 Å². The van der Waals surface area contributed by atoms with Gasteiger partial charge < -0.3 is 10.2 Å². The molecule has 112 valence electrons. The maximum atomic E-state index is 4.57. The van der Waals surface area contributed by atoms with E-state index in [-0.39, 0.29) is 0 Å². The van der Waals surface area contributed by atoms with Crippen molar-refractivity contribution in [2.45, 2.75) is 25.4 Å². The van der Waals surface area contributed by atoms with E-state index in [1.165, 1.54) is 18.4 Å². The molecule has 0 bridgehead atoms. The first kappa shape index (κ1) is 14.2. The third-order valence-corrected chi connectivity index (χ3v) is 3.99. The Morgan fingerprint density at radius 3 is 2.81 bits per heavy atom. The number of aromatic nitrogens is 3. The lowest BCUT2D eigenvalue weighted by Crippen LogP contribution is -2.30. The number of nitrogens with one attached hydrogen (secondary N) is 1. The van der Waals surface area contributed by atoms with Crippen molar-refractivity contribution < 1.29 is 0 Å². The van der Waals surface area contributed by atoms with Crippen LogP contribution in [0.15, 0.2) is 30.7 Å². The summed E-state index contributed by atoms with van der Waals surface area (Å²) < 4.78 is 1.88. The second kappa shape index (κ2) is 6.37. The maximum Gasteiger partial charge on any atom is 0.0969 e. The minimum atomic E-state index is 0.831. The molecule has 3 rings (SSSR count). The Bertz CT molecular complexity index is 574. The second-order valence-electron chi connectivity index (χ2n) is 5.80. The zero-order chi connectivity index (χ0) is 14.7. The number of rotatable bonds is 7. The van der Waals surface area contributed by atoms with Crippen LogP contribution < -0.4 is 5.32 Å². The second-order valence-corrected chi connectivity index (χ2v) is 5.80. The van der Waals surface area contributed by atoms with Gasteiger partial charge in [0.25, 0.3) is 0 Å². The van der Waals surface area contributed by atoms with Crippen molar-refractivity contribution in [1.82, 2.24) is 25.0 Å². The van der Waals surface area contributed by atoms with Crippen molar-refractivity contribution >= 4 is 0 Å². The molecule has 2 aromatic rings. The smallest absolute Gasteiger partial charge is 0.0969 e. The molecular formula is C16H23N5. The third-order valence-electron chi connectivity index (χ3n) is 3.99. The fraction of sp³-hybridized carbons (Fsp3) is 0.500. The Kier molecular flexibility index (Phi) is 4.31. The molecule has 1 fully saturated rings. The maximum absolute atomic E-state index is 4.57. The normalized spacial score (nSPS) is 14.8. The summed E-state index contributed by atoms with van der Waals surface area (Å²) in [5, 5.41) is 8.10. The molecule has 0 spiro atoms. The highest BCUT2D eigenvalue weighted by Gasteiger charge is 2.25. The third kappa shape index (κ3) is 3.68. The van der Waals surface area contributed by atoms with Crippen LogP contribution in [-0.2, 0) is 13.6 Å². The summed E-state index contributed by atoms with van der Waals surface area (Å²) in [6.07, 6.45) is 8.45. The minimum Gasteiger partial charge on any atom is -0.311 e. The first-order chi connectivity index (χ1) is 10.2. The van der Waals surface area contributed by atoms with Gasteiger partial charge in [-0.05, 0) is 32.0 Å². The lowest BCUT2D eigenvalue weighted by Gasteiger charge is -2.15. The molecule has 1 aliphatic carbocycles. The molecule has 5 nitrogen and oxygen atoms in total. The molecule has 1 saturated carbocycles. The fourth-order valence-corrected chi connectivity index (χ4v) is 2.60. The highest BCUT2D eigenvalue weighted by molar-refractivity contribution is 5.61. The van der Waals surface area contributed by atoms with Gasteiger partial charge in [-0.3, -0.25) is 9.67 Å². The largest absolute Gasteiger partial charge is 0.311 e. The van der Waals surface area contributed by atoms with Crippen LogP contribution in [0.5, 0.6) is 0 Å². The molecule has 1 N–H and O–H groups in total. The van der Waals surface area contributed by atoms with Crippen LogP contribution in [-0.4, -0.2) is 45.8 Å². The van der Waals surface area contributed by atoms with Gasteiger partial charge in [0.2, 0.25) is 0 Å². The van der Waals surface area contributed by atoms with Gasteiger partial charge in [0.15, 0.2) is 0 Å². The summed E-state index contributed by atoms with van der Waals surface area (Å²) in [5.74, 6) is 0. The molecule has 0 saturated heterocycles. The van der Waals surface area contributed by atoms with Gasteiger partial charge in [-0.25, -0.2) is 0 Å². The van der Waals surface area contributed by atoms with Crippen molar-refractivity contribution in [1.29, 1.82) is 0 Å². The van der Waals surface area contributed by atoms with Crippen molar-refractivity contribution in [3.8, 4) is 11.3 Å². The predicted molar refractivity (Wildman–Crippen MR) is 83.8 cm³/mol. The number of nitrogens with zero attached hydrogens (tertiary/aromatic N) is 4. The number of hydrogen-bond acceptors (Lipinski definition) is 4. The Morgan fingerprint density at radius 1 is 1.33 bits per heavy atom. The van der Waals surface area contributed by atoms with Crippen LogP contribution >= 0.6 is 0 Å². The van der Waals surface area contributed by atoms with Gasteiger partial charge in [0, 0.05) is 62.4 Å². The highest BCUT2D eigenvalue weighted by Crippen LogP contribution is 2.24. The molecule has 0 amide bonds. The van der Waals surface area contributed by atoms with Crippen LogP contribution in [0.2, 0.25) is 0 Å². The Balaban J connectivity index is 1.57. The highest BCUT2D eigenvalue weighted by atomic mass is 15.3. The van der Waals surface area contributed by atoms with Crippen LogP contribution in [0.4, 0.5) is 0 Å². The first-order valence-electron chi connectivity index (χ1n) is 7.58. The molecule has 2 heterocycles. The summed E-state index contributed by atoms with van der Waals surface area (Å²) in [7, 11) is 4.18. The van der Waals surface area contributed by atoms with Crippen molar-refractivity contribution in [3.05, 3.63) is 36.3 Å². The molecule has 0 atom stereocenters. The average Bonchev–Trinajstić information content (AvgIpc) is 3.28. The van der Waals surface area contributed by atoms with Gasteiger partial charge in [-0.15, -0.1) is 0 Å². The molecule has 0 unspecified atom stereocenters. The average molecular weight is 285 g/mol. The first-order valence-corrected chi connectivity index (χ1v) is 7.58. The summed E-state index contributed by atoms with van der Waals surface area (Å²) in [6, 6.07) is 4.84. The van der Waals surface area contributed by atoms with E-state index < -0.39 is 0 Å². The zero-order valence-electron chi connectivity index (χ0n) is 12.8. The molecule has 0 radical (unpaired) electrons. The standard InChI is InChI=1S/C16H23N5/c1-20(15-3-4-15)10-9-18-11-14-12-21(2)19-16(14)13-5-7-17-8-6-13/h5-8,12,15,18H,3-4,9-11H2,1-2H3. The van der Waals surface area contributed by atoms with Gasteiger partial charge in [-0.2, -0.15) is 5.10 Å². The van der Waals surface area contributed by atoms with Crippen molar-refractivity contribution in [2.75, 3.05) is 20.1 Å².